The van der Waals surface area contributed by atoms with Crippen molar-refractivity contribution in [3.8, 4) is 0 Å². The number of methoxy groups -OCH3 is 1. The van der Waals surface area contributed by atoms with Crippen LogP contribution in [-0.4, -0.2) is 13.3 Å². The Balaban J connectivity index is 2.48. The van der Waals surface area contributed by atoms with Crippen LogP contribution in [0.3, 0.4) is 0 Å². The minimum atomic E-state index is 0.0336. The summed E-state index contributed by atoms with van der Waals surface area (Å²) >= 11 is 3.30. The zero-order chi connectivity index (χ0) is 6.69. The minimum absolute atomic E-state index is 0.0336. The van der Waals surface area contributed by atoms with Gasteiger partial charge in [0.25, 0.3) is 0 Å². The Morgan fingerprint density at radius 2 is 2.56 bits per heavy atom. The van der Waals surface area contributed by atoms with Gasteiger partial charge in [0.05, 0.1) is 0 Å². The molecule has 0 aromatic heterocycles. The number of halogens is 1. The first-order valence-electron chi connectivity index (χ1n) is 2.65. The van der Waals surface area contributed by atoms with Crippen LogP contribution in [0, 0.1) is 0 Å². The fourth-order valence-corrected chi connectivity index (χ4v) is 0.876. The summed E-state index contributed by atoms with van der Waals surface area (Å²) in [5.41, 5.74) is 0. The van der Waals surface area contributed by atoms with Crippen LogP contribution in [0.2, 0.25) is 0 Å². The Labute approximate surface area is 62.7 Å². The van der Waals surface area contributed by atoms with Gasteiger partial charge in [-0.05, 0) is 28.1 Å². The van der Waals surface area contributed by atoms with Crippen molar-refractivity contribution in [3.05, 3.63) is 22.8 Å². The fourth-order valence-electron chi connectivity index (χ4n) is 0.591. The van der Waals surface area contributed by atoms with Crippen molar-refractivity contribution < 1.29 is 4.74 Å². The van der Waals surface area contributed by atoms with Crippen molar-refractivity contribution in [1.82, 2.24) is 5.32 Å². The summed E-state index contributed by atoms with van der Waals surface area (Å²) in [6.45, 7) is 0. The Kier molecular flexibility index (Phi) is 2.30. The summed E-state index contributed by atoms with van der Waals surface area (Å²) in [6, 6.07) is 0. The van der Waals surface area contributed by atoms with Gasteiger partial charge in [0, 0.05) is 17.8 Å². The maximum Gasteiger partial charge on any atom is 0.146 e. The van der Waals surface area contributed by atoms with Crippen LogP contribution in [-0.2, 0) is 4.74 Å². The summed E-state index contributed by atoms with van der Waals surface area (Å²) < 4.78 is 6.01. The maximum absolute atomic E-state index is 4.98. The van der Waals surface area contributed by atoms with E-state index in [0.717, 1.165) is 4.48 Å². The molecular formula is C6H8BrNO. The number of ether oxygens (including phenoxy) is 1. The third-order valence-electron chi connectivity index (χ3n) is 1.07. The van der Waals surface area contributed by atoms with Crippen LogP contribution < -0.4 is 5.32 Å². The van der Waals surface area contributed by atoms with Gasteiger partial charge in [-0.3, -0.25) is 0 Å². The lowest BCUT2D eigenvalue weighted by molar-refractivity contribution is 0.123. The smallest absolute Gasteiger partial charge is 0.146 e. The summed E-state index contributed by atoms with van der Waals surface area (Å²) in [6.07, 6.45) is 5.77. The topological polar surface area (TPSA) is 21.3 Å². The molecule has 1 unspecified atom stereocenters. The van der Waals surface area contributed by atoms with Gasteiger partial charge >= 0.3 is 0 Å². The lowest BCUT2D eigenvalue weighted by atomic mass is 10.4. The number of hydrogen-bond donors (Lipinski definition) is 1. The largest absolute Gasteiger partial charge is 0.362 e. The zero-order valence-electron chi connectivity index (χ0n) is 5.10. The molecule has 0 radical (unpaired) electrons. The first kappa shape index (κ1) is 6.83. The molecule has 0 saturated carbocycles. The summed E-state index contributed by atoms with van der Waals surface area (Å²) in [5.74, 6) is 0. The minimum Gasteiger partial charge on any atom is -0.362 e. The maximum atomic E-state index is 4.98. The number of hydrogen-bond acceptors (Lipinski definition) is 2. The van der Waals surface area contributed by atoms with Crippen LogP contribution in [0.1, 0.15) is 0 Å². The average molecular weight is 190 g/mol. The van der Waals surface area contributed by atoms with E-state index in [-0.39, 0.29) is 6.23 Å². The molecule has 1 atom stereocenters. The van der Waals surface area contributed by atoms with E-state index < -0.39 is 0 Å². The second-order valence-electron chi connectivity index (χ2n) is 1.71. The second kappa shape index (κ2) is 3.03. The van der Waals surface area contributed by atoms with E-state index in [9.17, 15) is 0 Å². The molecule has 0 saturated heterocycles. The molecular weight excluding hydrogens is 182 g/mol. The van der Waals surface area contributed by atoms with E-state index in [1.54, 1.807) is 7.11 Å². The lowest BCUT2D eigenvalue weighted by Gasteiger charge is -2.14. The SMILES string of the molecule is COC1C=CC(Br)=CN1. The average Bonchev–Trinajstić information content (AvgIpc) is 1.90. The fraction of sp³-hybridized carbons (Fsp3) is 0.333. The number of nitrogens with one attached hydrogen (secondary N) is 1. The predicted molar refractivity (Wildman–Crippen MR) is 40.1 cm³/mol. The van der Waals surface area contributed by atoms with Gasteiger partial charge in [-0.1, -0.05) is 0 Å². The molecule has 9 heavy (non-hydrogen) atoms. The van der Waals surface area contributed by atoms with E-state index in [1.165, 1.54) is 0 Å². The monoisotopic (exact) mass is 189 g/mol. The van der Waals surface area contributed by atoms with Crippen LogP contribution in [0.25, 0.3) is 0 Å². The van der Waals surface area contributed by atoms with Crippen LogP contribution in [0.5, 0.6) is 0 Å². The highest BCUT2D eigenvalue weighted by Crippen LogP contribution is 2.09. The van der Waals surface area contributed by atoms with E-state index >= 15 is 0 Å². The molecule has 0 aromatic rings. The van der Waals surface area contributed by atoms with E-state index in [4.69, 9.17) is 4.74 Å². The molecule has 1 rings (SSSR count). The van der Waals surface area contributed by atoms with Crippen molar-refractivity contribution >= 4 is 15.9 Å². The van der Waals surface area contributed by atoms with Gasteiger partial charge in [-0.2, -0.15) is 0 Å². The second-order valence-corrected chi connectivity index (χ2v) is 2.63. The normalized spacial score (nSPS) is 25.1. The van der Waals surface area contributed by atoms with Gasteiger partial charge in [-0.25, -0.2) is 0 Å². The standard InChI is InChI=1S/C6H8BrNO/c1-9-6-3-2-5(7)4-8-6/h2-4,6,8H,1H3. The molecule has 1 aliphatic heterocycles. The molecule has 2 nitrogen and oxygen atoms in total. The van der Waals surface area contributed by atoms with E-state index in [1.807, 2.05) is 18.4 Å². The van der Waals surface area contributed by atoms with Gasteiger partial charge in [0.2, 0.25) is 0 Å². The summed E-state index contributed by atoms with van der Waals surface area (Å²) in [5, 5.41) is 3.00. The zero-order valence-corrected chi connectivity index (χ0v) is 6.68. The highest BCUT2D eigenvalue weighted by molar-refractivity contribution is 9.11. The van der Waals surface area contributed by atoms with Gasteiger partial charge < -0.3 is 10.1 Å². The highest BCUT2D eigenvalue weighted by atomic mass is 79.9. The van der Waals surface area contributed by atoms with Gasteiger partial charge in [-0.15, -0.1) is 0 Å². The van der Waals surface area contributed by atoms with Crippen LogP contribution in [0.4, 0.5) is 0 Å². The third-order valence-corrected chi connectivity index (χ3v) is 1.56. The molecule has 0 bridgehead atoms. The van der Waals surface area contributed by atoms with Crippen molar-refractivity contribution in [1.29, 1.82) is 0 Å². The Bertz CT molecular complexity index is 153. The molecule has 3 heteroatoms. The molecule has 0 amide bonds. The molecule has 0 spiro atoms. The lowest BCUT2D eigenvalue weighted by Crippen LogP contribution is -2.25. The Morgan fingerprint density at radius 1 is 1.78 bits per heavy atom. The van der Waals surface area contributed by atoms with Gasteiger partial charge in [0.1, 0.15) is 6.23 Å². The summed E-state index contributed by atoms with van der Waals surface area (Å²) in [4.78, 5) is 0. The Morgan fingerprint density at radius 3 is 3.00 bits per heavy atom. The Hall–Kier alpha value is -0.280. The molecule has 1 N–H and O–H groups in total. The quantitative estimate of drug-likeness (QED) is 0.673. The number of dihydropyridines is 1. The van der Waals surface area contributed by atoms with Crippen molar-refractivity contribution in [2.75, 3.05) is 7.11 Å². The predicted octanol–water partition coefficient (Wildman–Crippen LogP) is 1.35. The van der Waals surface area contributed by atoms with E-state index in [0.29, 0.717) is 0 Å². The first-order valence-corrected chi connectivity index (χ1v) is 3.45. The summed E-state index contributed by atoms with van der Waals surface area (Å²) in [7, 11) is 1.66. The molecule has 1 heterocycles. The molecule has 1 aliphatic rings. The van der Waals surface area contributed by atoms with Gasteiger partial charge in [0.15, 0.2) is 0 Å². The number of allylic oxidation sites excluding steroid dienone is 2. The van der Waals surface area contributed by atoms with Crippen molar-refractivity contribution in [2.45, 2.75) is 6.23 Å². The molecule has 0 fully saturated rings. The molecule has 0 aliphatic carbocycles. The first-order chi connectivity index (χ1) is 4.33. The molecule has 0 aromatic carbocycles. The van der Waals surface area contributed by atoms with E-state index in [2.05, 4.69) is 21.2 Å². The van der Waals surface area contributed by atoms with Crippen molar-refractivity contribution in [2.24, 2.45) is 0 Å². The third kappa shape index (κ3) is 1.84. The van der Waals surface area contributed by atoms with Crippen LogP contribution >= 0.6 is 15.9 Å². The molecule has 50 valence electrons. The van der Waals surface area contributed by atoms with Crippen LogP contribution in [0.15, 0.2) is 22.8 Å². The van der Waals surface area contributed by atoms with Crippen molar-refractivity contribution in [3.63, 3.8) is 0 Å². The number of rotatable bonds is 1. The highest BCUT2D eigenvalue weighted by Gasteiger charge is 2.01.